The quantitative estimate of drug-likeness (QED) is 0.714. The molecule has 6 rings (SSSR count). The molecule has 182 valence electrons. The van der Waals surface area contributed by atoms with E-state index in [1.807, 2.05) is 67.6 Å². The lowest BCUT2D eigenvalue weighted by molar-refractivity contribution is -0.197. The first-order valence-electron chi connectivity index (χ1n) is 11.9. The molecule has 8 nitrogen and oxygen atoms in total. The van der Waals surface area contributed by atoms with Crippen LogP contribution in [0.1, 0.15) is 30.6 Å². The van der Waals surface area contributed by atoms with Crippen LogP contribution in [0.5, 0.6) is 0 Å². The molecule has 10 atom stereocenters. The van der Waals surface area contributed by atoms with Crippen LogP contribution in [0, 0.1) is 0 Å². The van der Waals surface area contributed by atoms with Gasteiger partial charge in [-0.05, 0) is 6.92 Å². The summed E-state index contributed by atoms with van der Waals surface area (Å²) >= 11 is 0. The molecule has 2 aromatic rings. The van der Waals surface area contributed by atoms with Crippen LogP contribution in [0.2, 0.25) is 0 Å². The van der Waals surface area contributed by atoms with E-state index in [0.717, 1.165) is 11.1 Å². The fourth-order valence-corrected chi connectivity index (χ4v) is 5.12. The van der Waals surface area contributed by atoms with Crippen LogP contribution < -0.4 is 0 Å². The molecule has 0 aliphatic carbocycles. The molecular weight excluding hydrogens is 440 g/mol. The van der Waals surface area contributed by atoms with Gasteiger partial charge in [0, 0.05) is 11.1 Å². The molecule has 4 heterocycles. The van der Waals surface area contributed by atoms with Crippen molar-refractivity contribution in [1.29, 1.82) is 0 Å². The standard InChI is InChI=1S/C26H30O8/c1-15-21-23(33-25(31-21)16-8-4-2-5-9-16)19(13-28-15)30-14-20-24-22(18(27)12-29-20)32-26(34-24)17-10-6-3-7-11-17/h2-11,15,18-27H,12-14H2,1H3/t15?,18?,19?,20?,21-,22?,23?,24-,25-,26-/m1/s1. The summed E-state index contributed by atoms with van der Waals surface area (Å²) in [6.07, 6.45) is -3.92. The van der Waals surface area contributed by atoms with E-state index in [4.69, 9.17) is 33.2 Å². The SMILES string of the molecule is CC1OCC(OCC2OCC(O)C3O[C@@H](c4ccccc4)O[C@H]23)C2O[C@H](c3ccccc3)O[C@H]12. The third-order valence-corrected chi connectivity index (χ3v) is 6.97. The van der Waals surface area contributed by atoms with Gasteiger partial charge in [-0.1, -0.05) is 60.7 Å². The molecule has 2 aromatic carbocycles. The second-order valence-corrected chi connectivity index (χ2v) is 9.24. The summed E-state index contributed by atoms with van der Waals surface area (Å²) in [5.74, 6) is 0. The van der Waals surface area contributed by atoms with Crippen LogP contribution in [-0.2, 0) is 33.2 Å². The van der Waals surface area contributed by atoms with Crippen LogP contribution in [0.25, 0.3) is 0 Å². The normalized spacial score (nSPS) is 41.7. The average molecular weight is 471 g/mol. The maximum absolute atomic E-state index is 10.4. The smallest absolute Gasteiger partial charge is 0.184 e. The fraction of sp³-hybridized carbons (Fsp3) is 0.538. The molecular formula is C26H30O8. The van der Waals surface area contributed by atoms with Gasteiger partial charge in [0.15, 0.2) is 12.6 Å². The molecule has 0 radical (unpaired) electrons. The Morgan fingerprint density at radius 1 is 0.735 bits per heavy atom. The van der Waals surface area contributed by atoms with Crippen molar-refractivity contribution in [3.8, 4) is 0 Å². The third-order valence-electron chi connectivity index (χ3n) is 6.97. The lowest BCUT2D eigenvalue weighted by Crippen LogP contribution is -2.55. The highest BCUT2D eigenvalue weighted by Gasteiger charge is 2.51. The molecule has 34 heavy (non-hydrogen) atoms. The number of hydrogen-bond acceptors (Lipinski definition) is 8. The van der Waals surface area contributed by atoms with Crippen LogP contribution in [0.3, 0.4) is 0 Å². The molecule has 4 aliphatic rings. The predicted molar refractivity (Wildman–Crippen MR) is 119 cm³/mol. The highest BCUT2D eigenvalue weighted by molar-refractivity contribution is 5.18. The second-order valence-electron chi connectivity index (χ2n) is 9.24. The van der Waals surface area contributed by atoms with Gasteiger partial charge >= 0.3 is 0 Å². The molecule has 4 saturated heterocycles. The summed E-state index contributed by atoms with van der Waals surface area (Å²) in [7, 11) is 0. The molecule has 0 bridgehead atoms. The highest BCUT2D eigenvalue weighted by atomic mass is 16.8. The first-order chi connectivity index (χ1) is 16.7. The van der Waals surface area contributed by atoms with Gasteiger partial charge in [0.2, 0.25) is 0 Å². The zero-order valence-electron chi connectivity index (χ0n) is 19.0. The summed E-state index contributed by atoms with van der Waals surface area (Å²) in [5.41, 5.74) is 1.88. The van der Waals surface area contributed by atoms with Crippen LogP contribution >= 0.6 is 0 Å². The third kappa shape index (κ3) is 4.29. The Balaban J connectivity index is 1.11. The molecule has 4 fully saturated rings. The van der Waals surface area contributed by atoms with E-state index in [-0.39, 0.29) is 43.7 Å². The van der Waals surface area contributed by atoms with E-state index in [2.05, 4.69) is 0 Å². The monoisotopic (exact) mass is 470 g/mol. The maximum Gasteiger partial charge on any atom is 0.184 e. The fourth-order valence-electron chi connectivity index (χ4n) is 5.12. The Bertz CT molecular complexity index is 865. The lowest BCUT2D eigenvalue weighted by Gasteiger charge is -2.38. The minimum atomic E-state index is -0.753. The Morgan fingerprint density at radius 3 is 2.00 bits per heavy atom. The number of fused-ring (bicyclic) bond motifs is 2. The van der Waals surface area contributed by atoms with Crippen LogP contribution in [0.4, 0.5) is 0 Å². The molecule has 0 saturated carbocycles. The van der Waals surface area contributed by atoms with E-state index >= 15 is 0 Å². The van der Waals surface area contributed by atoms with Crippen molar-refractivity contribution in [3.05, 3.63) is 71.8 Å². The summed E-state index contributed by atoms with van der Waals surface area (Å²) in [6, 6.07) is 19.6. The Kier molecular flexibility index (Phi) is 6.40. The topological polar surface area (TPSA) is 84.8 Å². The van der Waals surface area contributed by atoms with Gasteiger partial charge in [-0.2, -0.15) is 0 Å². The van der Waals surface area contributed by atoms with E-state index in [1.54, 1.807) is 0 Å². The van der Waals surface area contributed by atoms with Crippen molar-refractivity contribution in [2.75, 3.05) is 19.8 Å². The van der Waals surface area contributed by atoms with E-state index in [0.29, 0.717) is 6.61 Å². The van der Waals surface area contributed by atoms with Crippen LogP contribution in [0.15, 0.2) is 60.7 Å². The summed E-state index contributed by atoms with van der Waals surface area (Å²) < 4.78 is 42.8. The predicted octanol–water partition coefficient (Wildman–Crippen LogP) is 2.52. The van der Waals surface area contributed by atoms with Gasteiger partial charge in [-0.25, -0.2) is 0 Å². The molecule has 1 N–H and O–H groups in total. The number of aliphatic hydroxyl groups excluding tert-OH is 1. The first kappa shape index (κ1) is 22.6. The minimum absolute atomic E-state index is 0.0952. The van der Waals surface area contributed by atoms with Crippen LogP contribution in [-0.4, -0.2) is 73.8 Å². The van der Waals surface area contributed by atoms with Gasteiger partial charge in [-0.3, -0.25) is 0 Å². The lowest BCUT2D eigenvalue weighted by atomic mass is 9.99. The van der Waals surface area contributed by atoms with E-state index in [9.17, 15) is 5.11 Å². The van der Waals surface area contributed by atoms with Gasteiger partial charge in [0.05, 0.1) is 25.9 Å². The molecule has 4 aliphatic heterocycles. The Morgan fingerprint density at radius 2 is 1.32 bits per heavy atom. The van der Waals surface area contributed by atoms with Gasteiger partial charge < -0.3 is 38.3 Å². The van der Waals surface area contributed by atoms with Gasteiger partial charge in [-0.15, -0.1) is 0 Å². The highest BCUT2D eigenvalue weighted by Crippen LogP contribution is 2.40. The van der Waals surface area contributed by atoms with E-state index < -0.39 is 30.9 Å². The number of aliphatic hydroxyl groups is 1. The molecule has 0 amide bonds. The summed E-state index contributed by atoms with van der Waals surface area (Å²) in [5, 5.41) is 10.4. The summed E-state index contributed by atoms with van der Waals surface area (Å²) in [6.45, 7) is 2.83. The number of hydrogen-bond donors (Lipinski definition) is 1. The second kappa shape index (κ2) is 9.64. The summed E-state index contributed by atoms with van der Waals surface area (Å²) in [4.78, 5) is 0. The largest absolute Gasteiger partial charge is 0.388 e. The van der Waals surface area contributed by atoms with Crippen molar-refractivity contribution in [2.45, 2.75) is 68.3 Å². The average Bonchev–Trinajstić information content (AvgIpc) is 3.53. The van der Waals surface area contributed by atoms with Crippen molar-refractivity contribution >= 4 is 0 Å². The Hall–Kier alpha value is -1.88. The zero-order valence-corrected chi connectivity index (χ0v) is 19.0. The van der Waals surface area contributed by atoms with Gasteiger partial charge in [0.1, 0.15) is 42.7 Å². The zero-order chi connectivity index (χ0) is 23.1. The Labute approximate surface area is 198 Å². The van der Waals surface area contributed by atoms with Crippen molar-refractivity contribution in [3.63, 3.8) is 0 Å². The number of ether oxygens (including phenoxy) is 7. The van der Waals surface area contributed by atoms with Crippen molar-refractivity contribution in [2.24, 2.45) is 0 Å². The molecule has 0 aromatic heterocycles. The number of benzene rings is 2. The molecule has 8 heteroatoms. The maximum atomic E-state index is 10.4. The number of rotatable bonds is 5. The van der Waals surface area contributed by atoms with E-state index in [1.165, 1.54) is 0 Å². The minimum Gasteiger partial charge on any atom is -0.388 e. The first-order valence-corrected chi connectivity index (χ1v) is 11.9. The van der Waals surface area contributed by atoms with Gasteiger partial charge in [0.25, 0.3) is 0 Å². The van der Waals surface area contributed by atoms with Crippen molar-refractivity contribution < 1.29 is 38.3 Å². The van der Waals surface area contributed by atoms with Crippen molar-refractivity contribution in [1.82, 2.24) is 0 Å². The molecule has 0 spiro atoms. The molecule has 6 unspecified atom stereocenters.